The maximum atomic E-state index is 14.1. The lowest BCUT2D eigenvalue weighted by atomic mass is 9.57. The van der Waals surface area contributed by atoms with Crippen LogP contribution in [0.1, 0.15) is 23.1 Å². The molecule has 11 heteroatoms. The molecule has 41 heavy (non-hydrogen) atoms. The molecule has 0 spiro atoms. The van der Waals surface area contributed by atoms with E-state index in [-0.39, 0.29) is 29.7 Å². The van der Waals surface area contributed by atoms with E-state index in [4.69, 9.17) is 5.73 Å². The maximum Gasteiger partial charge on any atom is 0.255 e. The minimum atomic E-state index is -2.67. The van der Waals surface area contributed by atoms with Crippen LogP contribution in [-0.2, 0) is 27.3 Å². The number of nitrogens with zero attached hydrogens (tertiary/aromatic N) is 2. The Morgan fingerprint density at radius 2 is 1.76 bits per heavy atom. The average molecular weight is 563 g/mol. The Labute approximate surface area is 237 Å². The first kappa shape index (κ1) is 28.2. The highest BCUT2D eigenvalue weighted by Gasteiger charge is 2.64. The van der Waals surface area contributed by atoms with Gasteiger partial charge in [-0.1, -0.05) is 30.3 Å². The van der Waals surface area contributed by atoms with Crippen LogP contribution in [0.15, 0.2) is 53.3 Å². The fourth-order valence-corrected chi connectivity index (χ4v) is 6.62. The molecule has 0 saturated heterocycles. The third kappa shape index (κ3) is 4.15. The van der Waals surface area contributed by atoms with Crippen molar-refractivity contribution >= 4 is 34.6 Å². The first-order chi connectivity index (χ1) is 19.3. The molecule has 216 valence electrons. The number of fused-ring (bicyclic) bond motifs is 3. The first-order valence-corrected chi connectivity index (χ1v) is 13.3. The van der Waals surface area contributed by atoms with Gasteiger partial charge in [-0.25, -0.2) is 0 Å². The number of hydrogen-bond acceptors (Lipinski definition) is 10. The molecule has 0 radical (unpaired) electrons. The van der Waals surface area contributed by atoms with Gasteiger partial charge in [0.25, 0.3) is 5.91 Å². The number of aliphatic hydroxyl groups is 3. The minimum Gasteiger partial charge on any atom is -0.508 e. The number of Topliss-reactive ketones (excluding diaryl/α,β-unsaturated/α-hetero) is 2. The predicted molar refractivity (Wildman–Crippen MR) is 152 cm³/mol. The van der Waals surface area contributed by atoms with E-state index < -0.39 is 58.0 Å². The van der Waals surface area contributed by atoms with Crippen molar-refractivity contribution in [2.75, 3.05) is 38.4 Å². The monoisotopic (exact) mass is 562 g/mol. The van der Waals surface area contributed by atoms with Crippen LogP contribution < -0.4 is 16.0 Å². The van der Waals surface area contributed by atoms with E-state index in [9.17, 15) is 34.8 Å². The molecule has 0 aromatic heterocycles. The van der Waals surface area contributed by atoms with Crippen LogP contribution >= 0.6 is 0 Å². The Balaban J connectivity index is 1.68. The van der Waals surface area contributed by atoms with Crippen molar-refractivity contribution in [1.29, 1.82) is 0 Å². The van der Waals surface area contributed by atoms with E-state index in [2.05, 4.69) is 5.32 Å². The smallest absolute Gasteiger partial charge is 0.255 e. The Morgan fingerprint density at radius 1 is 1.10 bits per heavy atom. The summed E-state index contributed by atoms with van der Waals surface area (Å²) in [6.45, 7) is 0.384. The van der Waals surface area contributed by atoms with Gasteiger partial charge in [-0.3, -0.25) is 19.3 Å². The molecule has 1 amide bonds. The molecule has 0 aliphatic heterocycles. The number of carbonyl (C=O) groups is 3. The number of likely N-dealkylation sites (N-methyl/N-ethyl adjacent to an activating group) is 1. The summed E-state index contributed by atoms with van der Waals surface area (Å²) in [5.74, 6) is -6.74. The van der Waals surface area contributed by atoms with Gasteiger partial charge in [-0.05, 0) is 50.0 Å². The molecule has 7 N–H and O–H groups in total. The second-order valence-electron chi connectivity index (χ2n) is 11.3. The van der Waals surface area contributed by atoms with Crippen molar-refractivity contribution in [2.24, 2.45) is 17.6 Å². The number of carbonyl (C=O) groups excluding carboxylic acids is 3. The summed E-state index contributed by atoms with van der Waals surface area (Å²) in [7, 11) is 6.79. The van der Waals surface area contributed by atoms with Gasteiger partial charge in [-0.15, -0.1) is 0 Å². The third-order valence-electron chi connectivity index (χ3n) is 8.50. The summed E-state index contributed by atoms with van der Waals surface area (Å²) in [6.07, 6.45) is 0.252. The maximum absolute atomic E-state index is 14.1. The second kappa shape index (κ2) is 9.93. The Kier molecular flexibility index (Phi) is 6.83. The van der Waals surface area contributed by atoms with Crippen LogP contribution in [0.3, 0.4) is 0 Å². The van der Waals surface area contributed by atoms with Crippen molar-refractivity contribution in [3.05, 3.63) is 70.0 Å². The lowest BCUT2D eigenvalue weighted by Gasteiger charge is -2.50. The lowest BCUT2D eigenvalue weighted by Crippen LogP contribution is -2.65. The van der Waals surface area contributed by atoms with Crippen LogP contribution in [0.25, 0.3) is 5.76 Å². The van der Waals surface area contributed by atoms with Gasteiger partial charge in [0.1, 0.15) is 22.8 Å². The van der Waals surface area contributed by atoms with E-state index in [0.717, 1.165) is 5.56 Å². The fourth-order valence-electron chi connectivity index (χ4n) is 6.62. The highest BCUT2D eigenvalue weighted by Crippen LogP contribution is 2.54. The molecule has 2 aromatic carbocycles. The summed E-state index contributed by atoms with van der Waals surface area (Å²) < 4.78 is 0. The van der Waals surface area contributed by atoms with Crippen LogP contribution in [0.4, 0.5) is 11.4 Å². The van der Waals surface area contributed by atoms with Crippen LogP contribution in [-0.4, -0.2) is 82.6 Å². The number of aliphatic hydroxyl groups excluding tert-OH is 2. The second-order valence-corrected chi connectivity index (χ2v) is 11.3. The zero-order valence-electron chi connectivity index (χ0n) is 23.3. The average Bonchev–Trinajstić information content (AvgIpc) is 2.90. The standard InChI is InChI=1S/C30H34N4O7/c1-33(2)19-12-18(32-13-14-8-6-5-7-9-14)24(35)21-16(19)10-15-11-17-23(34(3)4)26(37)22(29(31)40)28(39)30(17,41)27(38)20(15)25(21)36/h5-9,12,15,17,23,32,35-36,39,41H,10-11,13H2,1-4H3,(H2,31,40)/t15-,17-,23?,30-/m0/s1. The number of nitrogens with one attached hydrogen (secondary N) is 1. The summed E-state index contributed by atoms with van der Waals surface area (Å²) in [5, 5.41) is 48.9. The topological polar surface area (TPSA) is 177 Å². The van der Waals surface area contributed by atoms with E-state index in [0.29, 0.717) is 23.5 Å². The summed E-state index contributed by atoms with van der Waals surface area (Å²) in [5.41, 5.74) is 4.33. The quantitative estimate of drug-likeness (QED) is 0.224. The SMILES string of the molecule is CN(C)c1cc(NCc2ccccc2)c(O)c2c1C[C@H]1C[C@H]3C(N(C)C)C(=O)C(C(N)=O)=C(O)[C@@]3(O)C(=O)C1=C2O. The Morgan fingerprint density at radius 3 is 2.34 bits per heavy atom. The molecule has 0 bridgehead atoms. The molecular weight excluding hydrogens is 528 g/mol. The molecule has 2 aromatic rings. The van der Waals surface area contributed by atoms with Crippen LogP contribution in [0, 0.1) is 11.8 Å². The molecule has 1 fully saturated rings. The van der Waals surface area contributed by atoms with E-state index in [1.807, 2.05) is 49.3 Å². The van der Waals surface area contributed by atoms with Crippen molar-refractivity contribution in [3.63, 3.8) is 0 Å². The van der Waals surface area contributed by atoms with Crippen molar-refractivity contribution in [3.8, 4) is 5.75 Å². The van der Waals surface area contributed by atoms with E-state index in [1.165, 1.54) is 4.90 Å². The zero-order chi connectivity index (χ0) is 30.0. The van der Waals surface area contributed by atoms with Crippen molar-refractivity contribution < 1.29 is 34.8 Å². The van der Waals surface area contributed by atoms with Gasteiger partial charge in [0.15, 0.2) is 11.4 Å². The summed E-state index contributed by atoms with van der Waals surface area (Å²) in [6, 6.07) is 10.2. The number of aromatic hydroxyl groups is 1. The first-order valence-electron chi connectivity index (χ1n) is 13.3. The molecule has 11 nitrogen and oxygen atoms in total. The summed E-state index contributed by atoms with van der Waals surface area (Å²) in [4.78, 5) is 42.8. The number of anilines is 2. The molecule has 3 aliphatic rings. The largest absolute Gasteiger partial charge is 0.508 e. The summed E-state index contributed by atoms with van der Waals surface area (Å²) >= 11 is 0. The fraction of sp³-hybridized carbons (Fsp3) is 0.367. The highest BCUT2D eigenvalue weighted by atomic mass is 16.3. The molecule has 0 heterocycles. The van der Waals surface area contributed by atoms with Gasteiger partial charge in [-0.2, -0.15) is 0 Å². The van der Waals surface area contributed by atoms with Gasteiger partial charge in [0.05, 0.1) is 17.3 Å². The molecule has 1 unspecified atom stereocenters. The van der Waals surface area contributed by atoms with Crippen LogP contribution in [0.5, 0.6) is 5.75 Å². The predicted octanol–water partition coefficient (Wildman–Crippen LogP) is 1.64. The molecular formula is C30H34N4O7. The molecule has 1 saturated carbocycles. The Hall–Kier alpha value is -4.35. The molecule has 5 rings (SSSR count). The normalized spacial score (nSPS) is 25.6. The highest BCUT2D eigenvalue weighted by molar-refractivity contribution is 6.24. The molecule has 4 atom stereocenters. The Bertz CT molecular complexity index is 1530. The van der Waals surface area contributed by atoms with Crippen LogP contribution in [0.2, 0.25) is 0 Å². The number of hydrogen-bond donors (Lipinski definition) is 6. The number of phenols is 1. The lowest BCUT2D eigenvalue weighted by molar-refractivity contribution is -0.153. The van der Waals surface area contributed by atoms with Gasteiger partial charge >= 0.3 is 0 Å². The number of ketones is 2. The number of phenolic OH excluding ortho intramolecular Hbond substituents is 1. The third-order valence-corrected chi connectivity index (χ3v) is 8.50. The van der Waals surface area contributed by atoms with Crippen molar-refractivity contribution in [1.82, 2.24) is 4.90 Å². The number of nitrogens with two attached hydrogens (primary N) is 1. The van der Waals surface area contributed by atoms with E-state index >= 15 is 0 Å². The number of rotatable bonds is 6. The minimum absolute atomic E-state index is 0.0351. The van der Waals surface area contributed by atoms with Gasteiger partial charge in [0.2, 0.25) is 5.78 Å². The van der Waals surface area contributed by atoms with Gasteiger partial charge < -0.3 is 36.4 Å². The van der Waals surface area contributed by atoms with Crippen molar-refractivity contribution in [2.45, 2.75) is 31.0 Å². The number of benzene rings is 2. The number of amides is 1. The number of primary amides is 1. The zero-order valence-corrected chi connectivity index (χ0v) is 23.3. The molecule has 3 aliphatic carbocycles. The van der Waals surface area contributed by atoms with E-state index in [1.54, 1.807) is 20.2 Å². The van der Waals surface area contributed by atoms with Gasteiger partial charge in [0, 0.05) is 37.8 Å².